The van der Waals surface area contributed by atoms with E-state index in [9.17, 15) is 4.79 Å². The van der Waals surface area contributed by atoms with Gasteiger partial charge >= 0.3 is 5.97 Å². The van der Waals surface area contributed by atoms with E-state index in [4.69, 9.17) is 10.2 Å². The SMILES string of the molecule is C.O=C(O)CCCCCO. The number of unbranched alkanes of at least 4 members (excludes halogenated alkanes) is 2. The fourth-order valence-corrected chi connectivity index (χ4v) is 0.565. The van der Waals surface area contributed by atoms with Gasteiger partial charge in [0.2, 0.25) is 0 Å². The van der Waals surface area contributed by atoms with Crippen LogP contribution < -0.4 is 0 Å². The van der Waals surface area contributed by atoms with Crippen molar-refractivity contribution in [2.24, 2.45) is 0 Å². The Labute approximate surface area is 61.7 Å². The smallest absolute Gasteiger partial charge is 0.303 e. The second-order valence-electron chi connectivity index (χ2n) is 1.93. The Morgan fingerprint density at radius 2 is 1.80 bits per heavy atom. The lowest BCUT2D eigenvalue weighted by molar-refractivity contribution is -0.137. The first-order chi connectivity index (χ1) is 4.27. The first-order valence-corrected chi connectivity index (χ1v) is 3.10. The summed E-state index contributed by atoms with van der Waals surface area (Å²) < 4.78 is 0. The van der Waals surface area contributed by atoms with Gasteiger partial charge in [-0.05, 0) is 12.8 Å². The van der Waals surface area contributed by atoms with Gasteiger partial charge < -0.3 is 10.2 Å². The number of hydrogen-bond donors (Lipinski definition) is 2. The van der Waals surface area contributed by atoms with Crippen molar-refractivity contribution in [3.63, 3.8) is 0 Å². The first kappa shape index (κ1) is 12.1. The Kier molecular flexibility index (Phi) is 10.2. The predicted molar refractivity (Wildman–Crippen MR) is 39.9 cm³/mol. The molecule has 3 nitrogen and oxygen atoms in total. The van der Waals surface area contributed by atoms with Crippen molar-refractivity contribution in [2.75, 3.05) is 6.61 Å². The maximum absolute atomic E-state index is 9.90. The summed E-state index contributed by atoms with van der Waals surface area (Å²) in [5.74, 6) is -0.757. The van der Waals surface area contributed by atoms with Crippen LogP contribution in [-0.2, 0) is 4.79 Å². The summed E-state index contributed by atoms with van der Waals surface area (Å²) in [6.07, 6.45) is 2.42. The number of rotatable bonds is 5. The van der Waals surface area contributed by atoms with E-state index in [0.29, 0.717) is 12.8 Å². The summed E-state index contributed by atoms with van der Waals surface area (Å²) in [5, 5.41) is 16.4. The zero-order valence-electron chi connectivity index (χ0n) is 5.34. The molecule has 62 valence electrons. The van der Waals surface area contributed by atoms with Gasteiger partial charge in [0.25, 0.3) is 0 Å². The monoisotopic (exact) mass is 148 g/mol. The summed E-state index contributed by atoms with van der Waals surface area (Å²) in [4.78, 5) is 9.90. The van der Waals surface area contributed by atoms with E-state index in [0.717, 1.165) is 6.42 Å². The molecule has 3 heteroatoms. The Bertz CT molecular complexity index is 80.9. The fourth-order valence-electron chi connectivity index (χ4n) is 0.565. The van der Waals surface area contributed by atoms with Gasteiger partial charge in [-0.1, -0.05) is 13.8 Å². The van der Waals surface area contributed by atoms with Gasteiger partial charge in [-0.2, -0.15) is 0 Å². The highest BCUT2D eigenvalue weighted by Crippen LogP contribution is 1.97. The van der Waals surface area contributed by atoms with E-state index in [1.54, 1.807) is 0 Å². The third kappa shape index (κ3) is 10.4. The van der Waals surface area contributed by atoms with Gasteiger partial charge in [-0.3, -0.25) is 4.79 Å². The molecule has 0 bridgehead atoms. The molecule has 0 amide bonds. The van der Waals surface area contributed by atoms with Crippen LogP contribution >= 0.6 is 0 Å². The summed E-state index contributed by atoms with van der Waals surface area (Å²) in [6, 6.07) is 0. The lowest BCUT2D eigenvalue weighted by atomic mass is 10.2. The number of hydrogen-bond acceptors (Lipinski definition) is 2. The molecule has 10 heavy (non-hydrogen) atoms. The van der Waals surface area contributed by atoms with Gasteiger partial charge in [0.1, 0.15) is 0 Å². The minimum Gasteiger partial charge on any atom is -0.481 e. The third-order valence-corrected chi connectivity index (χ3v) is 1.05. The largest absolute Gasteiger partial charge is 0.481 e. The summed E-state index contributed by atoms with van der Waals surface area (Å²) in [7, 11) is 0. The van der Waals surface area contributed by atoms with E-state index < -0.39 is 5.97 Å². The Hall–Kier alpha value is -0.570. The minimum atomic E-state index is -0.757. The minimum absolute atomic E-state index is 0. The van der Waals surface area contributed by atoms with E-state index in [1.807, 2.05) is 0 Å². The lowest BCUT2D eigenvalue weighted by Crippen LogP contribution is -1.94. The van der Waals surface area contributed by atoms with Crippen molar-refractivity contribution < 1.29 is 15.0 Å². The topological polar surface area (TPSA) is 57.5 Å². The molecule has 0 aliphatic heterocycles. The summed E-state index contributed by atoms with van der Waals surface area (Å²) in [6.45, 7) is 0.166. The van der Waals surface area contributed by atoms with Gasteiger partial charge in [-0.15, -0.1) is 0 Å². The molecule has 0 rings (SSSR count). The molecule has 0 heterocycles. The van der Waals surface area contributed by atoms with Crippen molar-refractivity contribution in [3.05, 3.63) is 0 Å². The summed E-state index contributed by atoms with van der Waals surface area (Å²) in [5.41, 5.74) is 0. The molecule has 2 N–H and O–H groups in total. The highest BCUT2D eigenvalue weighted by Gasteiger charge is 1.94. The molecule has 0 aromatic heterocycles. The van der Waals surface area contributed by atoms with Crippen molar-refractivity contribution in [3.8, 4) is 0 Å². The highest BCUT2D eigenvalue weighted by atomic mass is 16.4. The van der Waals surface area contributed by atoms with E-state index in [1.165, 1.54) is 0 Å². The number of carboxylic acid groups (broad SMARTS) is 1. The van der Waals surface area contributed by atoms with Gasteiger partial charge in [0.15, 0.2) is 0 Å². The second-order valence-corrected chi connectivity index (χ2v) is 1.93. The molecule has 0 fully saturated rings. The zero-order chi connectivity index (χ0) is 7.11. The normalized spacial score (nSPS) is 8.50. The van der Waals surface area contributed by atoms with Crippen LogP contribution in [0.2, 0.25) is 0 Å². The number of carbonyl (C=O) groups is 1. The Morgan fingerprint density at radius 1 is 1.20 bits per heavy atom. The molecule has 0 saturated carbocycles. The molecular weight excluding hydrogens is 132 g/mol. The van der Waals surface area contributed by atoms with Gasteiger partial charge in [-0.25, -0.2) is 0 Å². The molecule has 0 aliphatic rings. The van der Waals surface area contributed by atoms with Crippen molar-refractivity contribution in [1.29, 1.82) is 0 Å². The van der Waals surface area contributed by atoms with Crippen LogP contribution in [0.3, 0.4) is 0 Å². The van der Waals surface area contributed by atoms with Crippen LogP contribution in [-0.4, -0.2) is 22.8 Å². The molecule has 0 radical (unpaired) electrons. The van der Waals surface area contributed by atoms with Crippen LogP contribution in [0.1, 0.15) is 33.1 Å². The van der Waals surface area contributed by atoms with E-state index in [2.05, 4.69) is 0 Å². The van der Waals surface area contributed by atoms with Crippen molar-refractivity contribution >= 4 is 5.97 Å². The average molecular weight is 148 g/mol. The van der Waals surface area contributed by atoms with Crippen molar-refractivity contribution in [2.45, 2.75) is 33.1 Å². The van der Waals surface area contributed by atoms with Gasteiger partial charge in [0.05, 0.1) is 0 Å². The average Bonchev–Trinajstić information content (AvgIpc) is 1.80. The number of aliphatic hydroxyl groups is 1. The highest BCUT2D eigenvalue weighted by molar-refractivity contribution is 5.66. The molecule has 0 aromatic carbocycles. The summed E-state index contributed by atoms with van der Waals surface area (Å²) >= 11 is 0. The third-order valence-electron chi connectivity index (χ3n) is 1.05. The molecule has 0 spiro atoms. The standard InChI is InChI=1S/C6H12O3.CH4/c7-5-3-1-2-4-6(8)9;/h7H,1-5H2,(H,8,9);1H4. The van der Waals surface area contributed by atoms with Crippen LogP contribution in [0.5, 0.6) is 0 Å². The van der Waals surface area contributed by atoms with Crippen molar-refractivity contribution in [1.82, 2.24) is 0 Å². The zero-order valence-corrected chi connectivity index (χ0v) is 5.34. The number of aliphatic hydroxyl groups excluding tert-OH is 1. The molecular formula is C7H16O3. The van der Waals surface area contributed by atoms with Gasteiger partial charge in [0, 0.05) is 13.0 Å². The maximum Gasteiger partial charge on any atom is 0.303 e. The van der Waals surface area contributed by atoms with Crippen LogP contribution in [0.4, 0.5) is 0 Å². The predicted octanol–water partition coefficient (Wildman–Crippen LogP) is 1.26. The number of aliphatic carboxylic acids is 1. The maximum atomic E-state index is 9.90. The second kappa shape index (κ2) is 8.43. The lowest BCUT2D eigenvalue weighted by Gasteiger charge is -1.92. The Morgan fingerprint density at radius 3 is 2.20 bits per heavy atom. The molecule has 0 saturated heterocycles. The van der Waals surface area contributed by atoms with Crippen LogP contribution in [0.15, 0.2) is 0 Å². The molecule has 0 unspecified atom stereocenters. The quantitative estimate of drug-likeness (QED) is 0.577. The first-order valence-electron chi connectivity index (χ1n) is 3.10. The number of carboxylic acids is 1. The molecule has 0 aromatic rings. The molecule has 0 aliphatic carbocycles. The Balaban J connectivity index is 0. The van der Waals surface area contributed by atoms with E-state index in [-0.39, 0.29) is 20.5 Å². The fraction of sp³-hybridized carbons (Fsp3) is 0.857. The van der Waals surface area contributed by atoms with Crippen LogP contribution in [0.25, 0.3) is 0 Å². The van der Waals surface area contributed by atoms with E-state index >= 15 is 0 Å². The van der Waals surface area contributed by atoms with Crippen LogP contribution in [0, 0.1) is 0 Å². The molecule has 0 atom stereocenters.